The number of benzene rings is 2. The summed E-state index contributed by atoms with van der Waals surface area (Å²) in [7, 11) is 2.11. The predicted octanol–water partition coefficient (Wildman–Crippen LogP) is 3.92. The third-order valence-corrected chi connectivity index (χ3v) is 8.84. The molecule has 0 spiro atoms. The molecule has 2 atom stereocenters. The molecule has 0 N–H and O–H groups in total. The van der Waals surface area contributed by atoms with E-state index in [1.54, 1.807) is 11.0 Å². The molecule has 2 aromatic carbocycles. The Labute approximate surface area is 245 Å². The number of ether oxygens (including phenoxy) is 1. The van der Waals surface area contributed by atoms with Crippen molar-refractivity contribution in [2.45, 2.75) is 44.3 Å². The number of hydrogen-bond donors (Lipinski definition) is 0. The van der Waals surface area contributed by atoms with Crippen LogP contribution in [-0.4, -0.2) is 84.1 Å². The van der Waals surface area contributed by atoms with Crippen LogP contribution >= 0.6 is 0 Å². The first kappa shape index (κ1) is 27.9. The third-order valence-electron chi connectivity index (χ3n) is 8.84. The van der Waals surface area contributed by atoms with Gasteiger partial charge in [0, 0.05) is 48.9 Å². The van der Waals surface area contributed by atoms with Crippen LogP contribution in [0, 0.1) is 17.1 Å². The Morgan fingerprint density at radius 2 is 1.98 bits per heavy atom. The molecule has 0 radical (unpaired) electrons. The molecule has 6 rings (SSSR count). The lowest BCUT2D eigenvalue weighted by Gasteiger charge is -2.42. The second kappa shape index (κ2) is 11.9. The van der Waals surface area contributed by atoms with Gasteiger partial charge in [-0.15, -0.1) is 0 Å². The molecule has 3 aliphatic heterocycles. The quantitative estimate of drug-likeness (QED) is 0.396. The summed E-state index contributed by atoms with van der Waals surface area (Å²) in [6.07, 6.45) is 4.43. The van der Waals surface area contributed by atoms with Crippen molar-refractivity contribution in [3.05, 3.63) is 66.1 Å². The van der Waals surface area contributed by atoms with Crippen molar-refractivity contribution in [1.29, 1.82) is 5.26 Å². The van der Waals surface area contributed by atoms with Gasteiger partial charge in [0.15, 0.2) is 0 Å². The first-order valence-electron chi connectivity index (χ1n) is 14.7. The van der Waals surface area contributed by atoms with Crippen LogP contribution < -0.4 is 14.5 Å². The van der Waals surface area contributed by atoms with Crippen LogP contribution in [0.2, 0.25) is 0 Å². The molecule has 3 aromatic rings. The monoisotopic (exact) mass is 569 g/mol. The van der Waals surface area contributed by atoms with Gasteiger partial charge in [-0.2, -0.15) is 15.2 Å². The van der Waals surface area contributed by atoms with E-state index < -0.39 is 0 Å². The number of carbonyl (C=O) groups is 1. The van der Waals surface area contributed by atoms with Gasteiger partial charge in [0.25, 0.3) is 0 Å². The zero-order chi connectivity index (χ0) is 29.2. The largest absolute Gasteiger partial charge is 0.462 e. The van der Waals surface area contributed by atoms with E-state index in [1.165, 1.54) is 12.1 Å². The van der Waals surface area contributed by atoms with Crippen molar-refractivity contribution in [2.24, 2.45) is 0 Å². The maximum Gasteiger partial charge on any atom is 0.318 e. The second-order valence-electron chi connectivity index (χ2n) is 11.3. The SMILES string of the molecule is C=CC(=O)N1CCN(c2nc(OC[C@@H]3CCCN3C)nc3c2CCN(c2cccc4cccc(F)c24)C3)C[C@@H]1CC#N. The fraction of sp³-hybridized carbons (Fsp3) is 0.438. The average molecular weight is 570 g/mol. The number of fused-ring (bicyclic) bond motifs is 2. The third kappa shape index (κ3) is 5.37. The van der Waals surface area contributed by atoms with Gasteiger partial charge < -0.3 is 24.3 Å². The van der Waals surface area contributed by atoms with Crippen molar-refractivity contribution in [1.82, 2.24) is 19.8 Å². The van der Waals surface area contributed by atoms with E-state index in [9.17, 15) is 10.1 Å². The van der Waals surface area contributed by atoms with Crippen molar-refractivity contribution in [3.63, 3.8) is 0 Å². The predicted molar refractivity (Wildman–Crippen MR) is 160 cm³/mol. The topological polar surface area (TPSA) is 88.8 Å². The van der Waals surface area contributed by atoms with Crippen molar-refractivity contribution < 1.29 is 13.9 Å². The number of likely N-dealkylation sites (N-methyl/N-ethyl adjacent to an activating group) is 1. The van der Waals surface area contributed by atoms with Crippen LogP contribution in [0.25, 0.3) is 10.8 Å². The van der Waals surface area contributed by atoms with Crippen LogP contribution in [-0.2, 0) is 17.8 Å². The van der Waals surface area contributed by atoms with Crippen LogP contribution in [0.4, 0.5) is 15.9 Å². The highest BCUT2D eigenvalue weighted by atomic mass is 19.1. The van der Waals surface area contributed by atoms with Crippen molar-refractivity contribution >= 4 is 28.2 Å². The first-order valence-corrected chi connectivity index (χ1v) is 14.7. The summed E-state index contributed by atoms with van der Waals surface area (Å²) in [5.74, 6) is 0.395. The van der Waals surface area contributed by atoms with Gasteiger partial charge in [-0.3, -0.25) is 4.79 Å². The summed E-state index contributed by atoms with van der Waals surface area (Å²) >= 11 is 0. The molecule has 218 valence electrons. The number of amides is 1. The van der Waals surface area contributed by atoms with Gasteiger partial charge in [-0.25, -0.2) is 4.39 Å². The summed E-state index contributed by atoms with van der Waals surface area (Å²) in [6, 6.07) is 13.6. The molecule has 0 unspecified atom stereocenters. The number of rotatable bonds is 7. The molecule has 4 heterocycles. The van der Waals surface area contributed by atoms with E-state index in [2.05, 4.69) is 34.4 Å². The molecule has 0 bridgehead atoms. The van der Waals surface area contributed by atoms with Gasteiger partial charge >= 0.3 is 6.01 Å². The van der Waals surface area contributed by atoms with Crippen molar-refractivity contribution in [2.75, 3.05) is 56.2 Å². The number of nitrogens with zero attached hydrogens (tertiary/aromatic N) is 7. The Hall–Kier alpha value is -4.23. The number of nitriles is 1. The van der Waals surface area contributed by atoms with E-state index in [0.29, 0.717) is 63.2 Å². The molecule has 1 aromatic heterocycles. The number of aromatic nitrogens is 2. The molecule has 10 heteroatoms. The normalized spacial score (nSPS) is 20.8. The minimum Gasteiger partial charge on any atom is -0.462 e. The number of halogens is 1. The van der Waals surface area contributed by atoms with E-state index in [-0.39, 0.29) is 24.2 Å². The van der Waals surface area contributed by atoms with E-state index in [4.69, 9.17) is 14.7 Å². The molecule has 0 aliphatic carbocycles. The highest BCUT2D eigenvalue weighted by molar-refractivity contribution is 5.95. The average Bonchev–Trinajstić information content (AvgIpc) is 3.43. The van der Waals surface area contributed by atoms with Crippen LogP contribution in [0.3, 0.4) is 0 Å². The summed E-state index contributed by atoms with van der Waals surface area (Å²) in [4.78, 5) is 30.7. The lowest BCUT2D eigenvalue weighted by Crippen LogP contribution is -2.55. The van der Waals surface area contributed by atoms with Gasteiger partial charge in [-0.1, -0.05) is 30.8 Å². The number of anilines is 2. The zero-order valence-electron chi connectivity index (χ0n) is 24.0. The summed E-state index contributed by atoms with van der Waals surface area (Å²) in [6.45, 7) is 7.90. The number of hydrogen-bond acceptors (Lipinski definition) is 8. The van der Waals surface area contributed by atoms with Crippen LogP contribution in [0.5, 0.6) is 6.01 Å². The van der Waals surface area contributed by atoms with E-state index in [0.717, 1.165) is 47.5 Å². The minimum atomic E-state index is -0.268. The van der Waals surface area contributed by atoms with Gasteiger partial charge in [0.2, 0.25) is 5.91 Å². The lowest BCUT2D eigenvalue weighted by atomic mass is 10.0. The van der Waals surface area contributed by atoms with E-state index in [1.807, 2.05) is 24.3 Å². The summed E-state index contributed by atoms with van der Waals surface area (Å²) < 4.78 is 21.3. The molecular weight excluding hydrogens is 533 g/mol. The maximum absolute atomic E-state index is 15.0. The van der Waals surface area contributed by atoms with Crippen molar-refractivity contribution in [3.8, 4) is 12.1 Å². The fourth-order valence-electron chi connectivity index (χ4n) is 6.56. The number of carbonyl (C=O) groups excluding carboxylic acids is 1. The molecule has 0 saturated carbocycles. The summed E-state index contributed by atoms with van der Waals surface area (Å²) in [5.41, 5.74) is 2.74. The van der Waals surface area contributed by atoms with Crippen LogP contribution in [0.1, 0.15) is 30.5 Å². The Bertz CT molecular complexity index is 1530. The molecule has 3 aliphatic rings. The number of piperazine rings is 1. The highest BCUT2D eigenvalue weighted by Crippen LogP contribution is 2.36. The fourth-order valence-corrected chi connectivity index (χ4v) is 6.56. The van der Waals surface area contributed by atoms with Crippen LogP contribution in [0.15, 0.2) is 49.1 Å². The summed E-state index contributed by atoms with van der Waals surface area (Å²) in [5, 5.41) is 11.0. The molecule has 2 fully saturated rings. The lowest BCUT2D eigenvalue weighted by molar-refractivity contribution is -0.128. The van der Waals surface area contributed by atoms with Gasteiger partial charge in [-0.05, 0) is 56.4 Å². The smallest absolute Gasteiger partial charge is 0.318 e. The molecular formula is C32H36FN7O2. The Kier molecular flexibility index (Phi) is 7.94. The van der Waals surface area contributed by atoms with E-state index >= 15 is 4.39 Å². The Morgan fingerprint density at radius 3 is 2.74 bits per heavy atom. The highest BCUT2D eigenvalue weighted by Gasteiger charge is 2.33. The first-order chi connectivity index (χ1) is 20.5. The number of likely N-dealkylation sites (tertiary alicyclic amines) is 1. The Balaban J connectivity index is 1.34. The second-order valence-corrected chi connectivity index (χ2v) is 11.3. The molecule has 2 saturated heterocycles. The minimum absolute atomic E-state index is 0.165. The van der Waals surface area contributed by atoms with Gasteiger partial charge in [0.05, 0.1) is 30.8 Å². The maximum atomic E-state index is 15.0. The molecule has 9 nitrogen and oxygen atoms in total. The standard InChI is InChI=1S/C32H36FN7O2/c1-3-29(41)40-18-17-39(19-23(40)12-14-34)31-25-13-16-38(28-11-5-8-22-7-4-10-26(33)30(22)28)20-27(25)35-32(36-31)42-21-24-9-6-15-37(24)2/h3-5,7-8,10-11,23-24H,1,6,9,12-13,15-21H2,2H3/t23-,24-/m0/s1. The zero-order valence-corrected chi connectivity index (χ0v) is 24.0. The van der Waals surface area contributed by atoms with Gasteiger partial charge in [0.1, 0.15) is 18.2 Å². The molecule has 1 amide bonds. The molecule has 42 heavy (non-hydrogen) atoms. The Morgan fingerprint density at radius 1 is 1.14 bits per heavy atom.